The third-order valence-electron chi connectivity index (χ3n) is 6.66. The van der Waals surface area contributed by atoms with E-state index in [9.17, 15) is 13.8 Å². The van der Waals surface area contributed by atoms with Crippen LogP contribution in [0.3, 0.4) is 0 Å². The molecule has 3 heterocycles. The van der Waals surface area contributed by atoms with Crippen molar-refractivity contribution in [1.29, 1.82) is 0 Å². The van der Waals surface area contributed by atoms with Crippen LogP contribution in [0.25, 0.3) is 0 Å². The van der Waals surface area contributed by atoms with Gasteiger partial charge in [0.2, 0.25) is 0 Å². The molecule has 2 unspecified atom stereocenters. The summed E-state index contributed by atoms with van der Waals surface area (Å²) < 4.78 is 34.1. The van der Waals surface area contributed by atoms with Gasteiger partial charge in [-0.3, -0.25) is 9.59 Å². The van der Waals surface area contributed by atoms with E-state index in [-0.39, 0.29) is 23.5 Å². The molecule has 1 aliphatic carbocycles. The predicted octanol–water partition coefficient (Wildman–Crippen LogP) is 1.41. The van der Waals surface area contributed by atoms with E-state index in [0.29, 0.717) is 69.5 Å². The Morgan fingerprint density at radius 1 is 1.10 bits per heavy atom. The van der Waals surface area contributed by atoms with E-state index in [1.165, 1.54) is 6.42 Å². The third-order valence-corrected chi connectivity index (χ3v) is 8.88. The molecule has 3 saturated heterocycles. The van der Waals surface area contributed by atoms with Crippen molar-refractivity contribution in [2.45, 2.75) is 69.1 Å². The Morgan fingerprint density at radius 2 is 1.90 bits per heavy atom. The van der Waals surface area contributed by atoms with Crippen LogP contribution in [0.4, 0.5) is 0 Å². The van der Waals surface area contributed by atoms with E-state index in [2.05, 4.69) is 9.68 Å². The zero-order chi connectivity index (χ0) is 20.3. The summed E-state index contributed by atoms with van der Waals surface area (Å²) in [6, 6.07) is 0.00751. The number of nitrogens with one attached hydrogen (secondary N) is 1. The number of hydrogen-bond donors (Lipinski definition) is 1. The molecule has 3 aliphatic heterocycles. The largest absolute Gasteiger partial charge is 0.376 e. The van der Waals surface area contributed by atoms with Crippen molar-refractivity contribution in [1.82, 2.24) is 5.32 Å². The van der Waals surface area contributed by atoms with Crippen LogP contribution in [0, 0.1) is 5.92 Å². The van der Waals surface area contributed by atoms with Crippen LogP contribution in [-0.4, -0.2) is 71.7 Å². The van der Waals surface area contributed by atoms with Gasteiger partial charge in [-0.25, -0.2) is 4.21 Å². The first-order valence-electron chi connectivity index (χ1n) is 10.8. The Hall–Kier alpha value is -1.03. The molecule has 2 amide bonds. The summed E-state index contributed by atoms with van der Waals surface area (Å²) in [5.74, 6) is 0.893. The fourth-order valence-corrected chi connectivity index (χ4v) is 6.82. The molecular weight excluding hydrogens is 396 g/mol. The van der Waals surface area contributed by atoms with Gasteiger partial charge in [-0.1, -0.05) is 6.42 Å². The zero-order valence-electron chi connectivity index (χ0n) is 16.9. The quantitative estimate of drug-likeness (QED) is 0.726. The monoisotopic (exact) mass is 428 g/mol. The number of carbonyl (C=O) groups excluding carboxylic acids is 2. The van der Waals surface area contributed by atoms with Crippen LogP contribution in [0.2, 0.25) is 0 Å². The summed E-state index contributed by atoms with van der Waals surface area (Å²) >= 11 is 0. The van der Waals surface area contributed by atoms with Crippen LogP contribution >= 0.6 is 0 Å². The highest BCUT2D eigenvalue weighted by molar-refractivity contribution is 7.93. The second kappa shape index (κ2) is 8.99. The second-order valence-corrected chi connectivity index (χ2v) is 11.4. The van der Waals surface area contributed by atoms with Crippen LogP contribution < -0.4 is 5.32 Å². The molecule has 0 aromatic heterocycles. The smallest absolute Gasteiger partial charge is 0.254 e. The number of rotatable bonds is 4. The predicted molar refractivity (Wildman–Crippen MR) is 107 cm³/mol. The normalized spacial score (nSPS) is 38.2. The van der Waals surface area contributed by atoms with Gasteiger partial charge in [0.15, 0.2) is 6.10 Å². The molecule has 4 fully saturated rings. The average Bonchev–Trinajstić information content (AvgIpc) is 2.69. The molecule has 0 radical (unpaired) electrons. The first kappa shape index (κ1) is 21.2. The minimum Gasteiger partial charge on any atom is -0.376 e. The number of ether oxygens (including phenoxy) is 3. The Morgan fingerprint density at radius 3 is 2.55 bits per heavy atom. The molecule has 0 aromatic carbocycles. The van der Waals surface area contributed by atoms with Crippen molar-refractivity contribution in [3.63, 3.8) is 0 Å². The molecule has 1 spiro atoms. The Labute approximate surface area is 172 Å². The van der Waals surface area contributed by atoms with Gasteiger partial charge in [-0.05, 0) is 44.4 Å². The lowest BCUT2D eigenvalue weighted by atomic mass is 9.83. The van der Waals surface area contributed by atoms with Gasteiger partial charge in [-0.2, -0.15) is 4.36 Å². The van der Waals surface area contributed by atoms with Crippen LogP contribution in [0.5, 0.6) is 0 Å². The number of carbonyl (C=O) groups is 2. The number of amides is 2. The molecule has 4 aliphatic rings. The highest BCUT2D eigenvalue weighted by atomic mass is 32.2. The van der Waals surface area contributed by atoms with Crippen molar-refractivity contribution < 1.29 is 28.0 Å². The van der Waals surface area contributed by atoms with E-state index in [1.807, 2.05) is 0 Å². The first-order valence-corrected chi connectivity index (χ1v) is 12.7. The molecule has 164 valence electrons. The zero-order valence-corrected chi connectivity index (χ0v) is 17.8. The maximum atomic E-state index is 13.1. The molecule has 0 aromatic rings. The summed E-state index contributed by atoms with van der Waals surface area (Å²) in [4.78, 5) is 24.6. The maximum absolute atomic E-state index is 13.1. The van der Waals surface area contributed by atoms with E-state index in [4.69, 9.17) is 14.2 Å². The molecule has 8 nitrogen and oxygen atoms in total. The number of nitrogens with zero attached hydrogens (tertiary/aromatic N) is 1. The lowest BCUT2D eigenvalue weighted by Gasteiger charge is -2.44. The van der Waals surface area contributed by atoms with E-state index in [1.54, 1.807) is 0 Å². The van der Waals surface area contributed by atoms with Crippen LogP contribution in [0.15, 0.2) is 4.36 Å². The van der Waals surface area contributed by atoms with Crippen molar-refractivity contribution in [2.24, 2.45) is 10.3 Å². The Kier molecular flexibility index (Phi) is 6.58. The van der Waals surface area contributed by atoms with Gasteiger partial charge < -0.3 is 19.5 Å². The van der Waals surface area contributed by atoms with Gasteiger partial charge in [0.05, 0.1) is 35.2 Å². The van der Waals surface area contributed by atoms with Gasteiger partial charge in [-0.15, -0.1) is 0 Å². The summed E-state index contributed by atoms with van der Waals surface area (Å²) in [5.41, 5.74) is -0.381. The molecule has 2 atom stereocenters. The highest BCUT2D eigenvalue weighted by Gasteiger charge is 2.42. The first-order chi connectivity index (χ1) is 14.0. The minimum atomic E-state index is -2.48. The fourth-order valence-electron chi connectivity index (χ4n) is 4.61. The molecular formula is C20H32N2O6S. The lowest BCUT2D eigenvalue weighted by Crippen LogP contribution is -2.54. The van der Waals surface area contributed by atoms with E-state index in [0.717, 1.165) is 19.3 Å². The van der Waals surface area contributed by atoms with Gasteiger partial charge in [0.25, 0.3) is 11.8 Å². The van der Waals surface area contributed by atoms with Crippen LogP contribution in [0.1, 0.15) is 51.4 Å². The molecule has 1 saturated carbocycles. The maximum Gasteiger partial charge on any atom is 0.254 e. The van der Waals surface area contributed by atoms with E-state index >= 15 is 0 Å². The SMILES string of the molecule is O=C(CC1CCC1)N=S1(=O)CCC2(CC1)CC(NC(=O)C1COCCO1)CCO2. The second-order valence-electron chi connectivity index (χ2n) is 8.83. The summed E-state index contributed by atoms with van der Waals surface area (Å²) in [7, 11) is -2.48. The highest BCUT2D eigenvalue weighted by Crippen LogP contribution is 2.37. The summed E-state index contributed by atoms with van der Waals surface area (Å²) in [6.45, 7) is 1.81. The average molecular weight is 429 g/mol. The van der Waals surface area contributed by atoms with E-state index < -0.39 is 15.8 Å². The molecule has 9 heteroatoms. The Balaban J connectivity index is 1.30. The standard InChI is InChI=1S/C20H32N2O6S/c23-18(12-15-2-1-3-15)22-29(25)10-5-20(6-11-29)13-16(4-7-28-20)21-19(24)17-14-26-8-9-27-17/h15-17H,1-14H2,(H,21,24). The summed E-state index contributed by atoms with van der Waals surface area (Å²) in [6.07, 6.45) is 5.93. The van der Waals surface area contributed by atoms with Crippen molar-refractivity contribution >= 4 is 21.5 Å². The molecule has 0 bridgehead atoms. The number of hydrogen-bond acceptors (Lipinski definition) is 6. The summed E-state index contributed by atoms with van der Waals surface area (Å²) in [5, 5.41) is 3.07. The van der Waals surface area contributed by atoms with Crippen LogP contribution in [-0.2, 0) is 33.5 Å². The van der Waals surface area contributed by atoms with Gasteiger partial charge >= 0.3 is 0 Å². The van der Waals surface area contributed by atoms with Gasteiger partial charge in [0.1, 0.15) is 0 Å². The Bertz CT molecular complexity index is 723. The third kappa shape index (κ3) is 5.37. The molecule has 1 N–H and O–H groups in total. The lowest BCUT2D eigenvalue weighted by molar-refractivity contribution is -0.150. The topological polar surface area (TPSA) is 103 Å². The van der Waals surface area contributed by atoms with Crippen molar-refractivity contribution in [2.75, 3.05) is 37.9 Å². The minimum absolute atomic E-state index is 0.00751. The molecule has 4 rings (SSSR count). The fraction of sp³-hybridized carbons (Fsp3) is 0.900. The molecule has 29 heavy (non-hydrogen) atoms. The van der Waals surface area contributed by atoms with Crippen molar-refractivity contribution in [3.8, 4) is 0 Å². The van der Waals surface area contributed by atoms with Crippen molar-refractivity contribution in [3.05, 3.63) is 0 Å². The van der Waals surface area contributed by atoms with Gasteiger partial charge in [0, 0.05) is 30.6 Å².